The van der Waals surface area contributed by atoms with Gasteiger partial charge in [0.05, 0.1) is 17.8 Å². The van der Waals surface area contributed by atoms with Crippen molar-refractivity contribution in [3.05, 3.63) is 82.6 Å². The van der Waals surface area contributed by atoms with Gasteiger partial charge in [0.25, 0.3) is 5.91 Å². The van der Waals surface area contributed by atoms with Gasteiger partial charge in [-0.2, -0.15) is 5.10 Å². The maximum atomic E-state index is 13.2. The summed E-state index contributed by atoms with van der Waals surface area (Å²) in [6.45, 7) is 3.35. The number of piperidine rings is 1. The molecule has 0 saturated carbocycles. The van der Waals surface area contributed by atoms with Gasteiger partial charge >= 0.3 is 0 Å². The number of nitrogens with zero attached hydrogens (tertiary/aromatic N) is 3. The van der Waals surface area contributed by atoms with Gasteiger partial charge in [0, 0.05) is 24.7 Å². The minimum atomic E-state index is -0.122. The van der Waals surface area contributed by atoms with Crippen molar-refractivity contribution in [3.63, 3.8) is 0 Å². The molecule has 7 heteroatoms. The number of aryl methyl sites for hydroxylation is 1. The first-order valence-corrected chi connectivity index (χ1v) is 10.8. The summed E-state index contributed by atoms with van der Waals surface area (Å²) in [4.78, 5) is 27.5. The zero-order valence-electron chi connectivity index (χ0n) is 17.4. The van der Waals surface area contributed by atoms with Gasteiger partial charge in [-0.25, -0.2) is 4.68 Å². The molecule has 0 atom stereocenters. The van der Waals surface area contributed by atoms with Crippen molar-refractivity contribution in [3.8, 4) is 0 Å². The standard InChI is InChI=1S/C24H25ClN4O2/c1-17-21(22(25)29(27-17)16-18-8-4-2-5-9-18)24(31)28-14-12-19(13-15-28)23(30)26-20-10-6-3-7-11-20/h2-11,19H,12-16H2,1H3,(H,26,30). The van der Waals surface area contributed by atoms with Crippen molar-refractivity contribution in [2.75, 3.05) is 18.4 Å². The Hall–Kier alpha value is -3.12. The fourth-order valence-corrected chi connectivity index (χ4v) is 4.24. The summed E-state index contributed by atoms with van der Waals surface area (Å²) in [5, 5.41) is 7.80. The van der Waals surface area contributed by atoms with Gasteiger partial charge in [-0.3, -0.25) is 9.59 Å². The van der Waals surface area contributed by atoms with E-state index >= 15 is 0 Å². The first-order valence-electron chi connectivity index (χ1n) is 10.4. The van der Waals surface area contributed by atoms with Crippen LogP contribution in [0.4, 0.5) is 5.69 Å². The number of hydrogen-bond acceptors (Lipinski definition) is 3. The summed E-state index contributed by atoms with van der Waals surface area (Å²) in [6, 6.07) is 19.3. The molecule has 160 valence electrons. The minimum Gasteiger partial charge on any atom is -0.338 e. The Morgan fingerprint density at radius 2 is 1.65 bits per heavy atom. The molecule has 1 aliphatic heterocycles. The van der Waals surface area contributed by atoms with Crippen LogP contribution in [0.3, 0.4) is 0 Å². The van der Waals surface area contributed by atoms with Crippen LogP contribution in [-0.2, 0) is 11.3 Å². The van der Waals surface area contributed by atoms with Gasteiger partial charge in [0.1, 0.15) is 5.15 Å². The molecule has 2 heterocycles. The summed E-state index contributed by atoms with van der Waals surface area (Å²) < 4.78 is 1.67. The third kappa shape index (κ3) is 4.80. The van der Waals surface area contributed by atoms with Crippen LogP contribution in [-0.4, -0.2) is 39.6 Å². The highest BCUT2D eigenvalue weighted by molar-refractivity contribution is 6.33. The summed E-state index contributed by atoms with van der Waals surface area (Å²) in [7, 11) is 0. The second kappa shape index (κ2) is 9.35. The van der Waals surface area contributed by atoms with E-state index in [9.17, 15) is 9.59 Å². The third-order valence-electron chi connectivity index (χ3n) is 5.65. The summed E-state index contributed by atoms with van der Waals surface area (Å²) >= 11 is 6.55. The molecule has 31 heavy (non-hydrogen) atoms. The number of aromatic nitrogens is 2. The number of rotatable bonds is 5. The van der Waals surface area contributed by atoms with Crippen molar-refractivity contribution < 1.29 is 9.59 Å². The first-order chi connectivity index (χ1) is 15.0. The Balaban J connectivity index is 1.39. The monoisotopic (exact) mass is 436 g/mol. The molecule has 1 fully saturated rings. The van der Waals surface area contributed by atoms with E-state index in [-0.39, 0.29) is 17.7 Å². The van der Waals surface area contributed by atoms with Crippen LogP contribution in [0, 0.1) is 12.8 Å². The molecule has 4 rings (SSSR count). The van der Waals surface area contributed by atoms with Crippen LogP contribution in [0.2, 0.25) is 5.15 Å². The van der Waals surface area contributed by atoms with Gasteiger partial charge in [-0.1, -0.05) is 60.1 Å². The maximum Gasteiger partial charge on any atom is 0.258 e. The summed E-state index contributed by atoms with van der Waals surface area (Å²) in [5.41, 5.74) is 2.93. The predicted molar refractivity (Wildman–Crippen MR) is 121 cm³/mol. The number of anilines is 1. The molecule has 2 aromatic carbocycles. The molecule has 1 saturated heterocycles. The average molecular weight is 437 g/mol. The van der Waals surface area contributed by atoms with E-state index < -0.39 is 0 Å². The molecule has 2 amide bonds. The lowest BCUT2D eigenvalue weighted by Crippen LogP contribution is -2.41. The average Bonchev–Trinajstić information content (AvgIpc) is 3.07. The smallest absolute Gasteiger partial charge is 0.258 e. The molecule has 0 aliphatic carbocycles. The molecular formula is C24H25ClN4O2. The Labute approximate surface area is 186 Å². The Kier molecular flexibility index (Phi) is 6.37. The topological polar surface area (TPSA) is 67.2 Å². The highest BCUT2D eigenvalue weighted by Gasteiger charge is 2.31. The minimum absolute atomic E-state index is 0.00296. The number of likely N-dealkylation sites (tertiary alicyclic amines) is 1. The van der Waals surface area contributed by atoms with Gasteiger partial charge in [0.15, 0.2) is 0 Å². The maximum absolute atomic E-state index is 13.2. The van der Waals surface area contributed by atoms with Crippen LogP contribution in [0.1, 0.15) is 34.5 Å². The number of benzene rings is 2. The number of nitrogens with one attached hydrogen (secondary N) is 1. The molecule has 0 radical (unpaired) electrons. The van der Waals surface area contributed by atoms with Gasteiger partial charge < -0.3 is 10.2 Å². The van der Waals surface area contributed by atoms with Crippen LogP contribution in [0.25, 0.3) is 0 Å². The second-order valence-electron chi connectivity index (χ2n) is 7.82. The molecule has 1 aromatic heterocycles. The molecule has 6 nitrogen and oxygen atoms in total. The summed E-state index contributed by atoms with van der Waals surface area (Å²) in [5.74, 6) is -0.228. The van der Waals surface area contributed by atoms with Gasteiger partial charge in [-0.05, 0) is 37.5 Å². The number of hydrogen-bond donors (Lipinski definition) is 1. The lowest BCUT2D eigenvalue weighted by atomic mass is 9.95. The Morgan fingerprint density at radius 1 is 1.03 bits per heavy atom. The third-order valence-corrected chi connectivity index (χ3v) is 6.03. The lowest BCUT2D eigenvalue weighted by Gasteiger charge is -2.31. The van der Waals surface area contributed by atoms with E-state index in [4.69, 9.17) is 11.6 Å². The highest BCUT2D eigenvalue weighted by atomic mass is 35.5. The van der Waals surface area contributed by atoms with E-state index in [0.29, 0.717) is 48.9 Å². The van der Waals surface area contributed by atoms with E-state index in [1.807, 2.05) is 60.7 Å². The molecular weight excluding hydrogens is 412 g/mol. The van der Waals surface area contributed by atoms with Crippen molar-refractivity contribution in [1.82, 2.24) is 14.7 Å². The zero-order chi connectivity index (χ0) is 21.8. The van der Waals surface area contributed by atoms with E-state index in [0.717, 1.165) is 11.3 Å². The predicted octanol–water partition coefficient (Wildman–Crippen LogP) is 4.38. The molecule has 1 N–H and O–H groups in total. The second-order valence-corrected chi connectivity index (χ2v) is 8.17. The summed E-state index contributed by atoms with van der Waals surface area (Å²) in [6.07, 6.45) is 1.25. The van der Waals surface area contributed by atoms with Gasteiger partial charge in [0.2, 0.25) is 5.91 Å². The largest absolute Gasteiger partial charge is 0.338 e. The van der Waals surface area contributed by atoms with Gasteiger partial charge in [-0.15, -0.1) is 0 Å². The van der Waals surface area contributed by atoms with Crippen molar-refractivity contribution in [1.29, 1.82) is 0 Å². The molecule has 0 spiro atoms. The molecule has 0 unspecified atom stereocenters. The Morgan fingerprint density at radius 3 is 2.29 bits per heavy atom. The molecule has 3 aromatic rings. The molecule has 1 aliphatic rings. The van der Waals surface area contributed by atoms with E-state index in [2.05, 4.69) is 10.4 Å². The van der Waals surface area contributed by atoms with E-state index in [1.54, 1.807) is 16.5 Å². The number of halogens is 1. The van der Waals surface area contributed by atoms with Crippen LogP contribution >= 0.6 is 11.6 Å². The van der Waals surface area contributed by atoms with Crippen molar-refractivity contribution in [2.45, 2.75) is 26.3 Å². The lowest BCUT2D eigenvalue weighted by molar-refractivity contribution is -0.121. The number of carbonyl (C=O) groups excluding carboxylic acids is 2. The van der Waals surface area contributed by atoms with Crippen LogP contribution < -0.4 is 5.32 Å². The highest BCUT2D eigenvalue weighted by Crippen LogP contribution is 2.26. The quantitative estimate of drug-likeness (QED) is 0.645. The van der Waals surface area contributed by atoms with Crippen LogP contribution in [0.5, 0.6) is 0 Å². The van der Waals surface area contributed by atoms with Crippen molar-refractivity contribution >= 4 is 29.1 Å². The van der Waals surface area contributed by atoms with Crippen LogP contribution in [0.15, 0.2) is 60.7 Å². The number of carbonyl (C=O) groups is 2. The molecule has 0 bridgehead atoms. The first kappa shape index (κ1) is 21.1. The fourth-order valence-electron chi connectivity index (χ4n) is 3.93. The fraction of sp³-hybridized carbons (Fsp3) is 0.292. The van der Waals surface area contributed by atoms with E-state index in [1.165, 1.54) is 0 Å². The van der Waals surface area contributed by atoms with Crippen molar-refractivity contribution in [2.24, 2.45) is 5.92 Å². The number of para-hydroxylation sites is 1. The normalized spacial score (nSPS) is 14.5. The Bertz CT molecular complexity index is 1060. The zero-order valence-corrected chi connectivity index (χ0v) is 18.2. The number of amides is 2. The SMILES string of the molecule is Cc1nn(Cc2ccccc2)c(Cl)c1C(=O)N1CCC(C(=O)Nc2ccccc2)CC1.